The van der Waals surface area contributed by atoms with Gasteiger partial charge in [-0.25, -0.2) is 9.88 Å². The first kappa shape index (κ1) is 26.6. The fourth-order valence-electron chi connectivity index (χ4n) is 2.43. The molecule has 0 saturated heterocycles. The Kier molecular flexibility index (Phi) is 11.1. The quantitative estimate of drug-likeness (QED) is 0.334. The highest BCUT2D eigenvalue weighted by Gasteiger charge is 2.30. The Bertz CT molecular complexity index is 842. The summed E-state index contributed by atoms with van der Waals surface area (Å²) in [6, 6.07) is 0.430. The lowest BCUT2D eigenvalue weighted by Gasteiger charge is -2.26. The zero-order valence-corrected chi connectivity index (χ0v) is 20.0. The molecule has 0 aliphatic heterocycles. The van der Waals surface area contributed by atoms with Crippen LogP contribution in [0.4, 0.5) is 0 Å². The molecule has 1 rings (SSSR count). The molecule has 0 saturated carbocycles. The minimum Gasteiger partial charge on any atom is -0.462 e. The Balaban J connectivity index is 2.76. The Morgan fingerprint density at radius 3 is 2.47 bits per heavy atom. The van der Waals surface area contributed by atoms with Crippen LogP contribution in [0.3, 0.4) is 0 Å². The molecule has 0 radical (unpaired) electrons. The van der Waals surface area contributed by atoms with Gasteiger partial charge in [0.15, 0.2) is 0 Å². The van der Waals surface area contributed by atoms with Crippen LogP contribution in [0.1, 0.15) is 54.2 Å². The van der Waals surface area contributed by atoms with E-state index in [1.807, 2.05) is 13.8 Å². The molecule has 2 N–H and O–H groups in total. The van der Waals surface area contributed by atoms with Gasteiger partial charge in [0.25, 0.3) is 5.56 Å². The summed E-state index contributed by atoms with van der Waals surface area (Å²) in [5.41, 5.74) is -1.06. The van der Waals surface area contributed by atoms with Crippen molar-refractivity contribution in [2.45, 2.75) is 72.4 Å². The molecule has 0 aliphatic carbocycles. The van der Waals surface area contributed by atoms with Crippen LogP contribution in [0, 0.1) is 0 Å². The molecule has 172 valence electrons. The maximum absolute atomic E-state index is 13.1. The summed E-state index contributed by atoms with van der Waals surface area (Å²) in [6.07, 6.45) is 0.410. The third kappa shape index (κ3) is 8.77. The molecule has 1 heterocycles. The van der Waals surface area contributed by atoms with Crippen molar-refractivity contribution in [2.75, 3.05) is 12.4 Å². The van der Waals surface area contributed by atoms with Crippen molar-refractivity contribution >= 4 is 24.1 Å². The van der Waals surface area contributed by atoms with Crippen LogP contribution < -0.4 is 16.3 Å². The highest BCUT2D eigenvalue weighted by molar-refractivity contribution is 8.56. The van der Waals surface area contributed by atoms with Crippen molar-refractivity contribution in [3.05, 3.63) is 33.1 Å². The molecule has 1 aromatic heterocycles. The molecule has 10 nitrogen and oxygen atoms in total. The van der Waals surface area contributed by atoms with Crippen LogP contribution in [-0.2, 0) is 23.4 Å². The lowest BCUT2D eigenvalue weighted by molar-refractivity contribution is -0.149. The number of rotatable bonds is 13. The standard InChI is InChI=1S/C18H32N3O7PS/c1-7-16(21-10-9-15(22)19-18(21)24)28-13(5)11-26-29(25,30-8-2)20-14(6)17(23)27-12(3)4/h9-10,12-14,16H,7-8,11H2,1-6H3,(H,20,25)(H,19,22,24)/t13-,14-,16+,29-/m0/s1. The zero-order valence-electron chi connectivity index (χ0n) is 18.2. The average Bonchev–Trinajstić information content (AvgIpc) is 2.64. The molecular formula is C18H32N3O7PS. The van der Waals surface area contributed by atoms with Gasteiger partial charge in [-0.1, -0.05) is 25.2 Å². The number of nitrogens with one attached hydrogen (secondary N) is 2. The largest absolute Gasteiger partial charge is 0.462 e. The van der Waals surface area contributed by atoms with Crippen molar-refractivity contribution in [1.29, 1.82) is 0 Å². The van der Waals surface area contributed by atoms with Crippen LogP contribution in [0.5, 0.6) is 0 Å². The van der Waals surface area contributed by atoms with Crippen LogP contribution in [0.2, 0.25) is 0 Å². The van der Waals surface area contributed by atoms with E-state index in [1.165, 1.54) is 16.8 Å². The monoisotopic (exact) mass is 465 g/mol. The molecule has 0 amide bonds. The maximum Gasteiger partial charge on any atom is 0.330 e. The van der Waals surface area contributed by atoms with E-state index in [0.29, 0.717) is 12.2 Å². The normalized spacial score (nSPS) is 16.6. The van der Waals surface area contributed by atoms with Gasteiger partial charge in [-0.15, -0.1) is 0 Å². The summed E-state index contributed by atoms with van der Waals surface area (Å²) < 4.78 is 31.0. The van der Waals surface area contributed by atoms with Crippen molar-refractivity contribution in [3.8, 4) is 0 Å². The zero-order chi connectivity index (χ0) is 22.9. The van der Waals surface area contributed by atoms with Gasteiger partial charge >= 0.3 is 18.4 Å². The van der Waals surface area contributed by atoms with E-state index < -0.39 is 42.3 Å². The molecule has 4 atom stereocenters. The van der Waals surface area contributed by atoms with Gasteiger partial charge in [-0.2, -0.15) is 0 Å². The number of carbonyl (C=O) groups excluding carboxylic acids is 1. The minimum atomic E-state index is -3.40. The number of H-pyrrole nitrogens is 1. The van der Waals surface area contributed by atoms with Gasteiger partial charge in [-0.3, -0.25) is 23.7 Å². The van der Waals surface area contributed by atoms with Gasteiger partial charge in [0.05, 0.1) is 18.8 Å². The topological polar surface area (TPSA) is 129 Å². The molecule has 0 bridgehead atoms. The molecular weight excluding hydrogens is 433 g/mol. The predicted molar refractivity (Wildman–Crippen MR) is 117 cm³/mol. The second-order valence-electron chi connectivity index (χ2n) is 6.87. The Labute approximate surface area is 180 Å². The molecule has 0 aliphatic rings. The van der Waals surface area contributed by atoms with E-state index in [0.717, 1.165) is 11.4 Å². The van der Waals surface area contributed by atoms with Gasteiger partial charge in [0, 0.05) is 18.0 Å². The first-order valence-electron chi connectivity index (χ1n) is 9.85. The second-order valence-corrected chi connectivity index (χ2v) is 11.4. The number of aromatic amines is 1. The Morgan fingerprint density at radius 2 is 1.93 bits per heavy atom. The smallest absolute Gasteiger partial charge is 0.330 e. The first-order chi connectivity index (χ1) is 14.0. The van der Waals surface area contributed by atoms with E-state index in [-0.39, 0.29) is 12.7 Å². The summed E-state index contributed by atoms with van der Waals surface area (Å²) in [5, 5.41) is 2.74. The maximum atomic E-state index is 13.1. The average molecular weight is 466 g/mol. The van der Waals surface area contributed by atoms with Crippen LogP contribution in [-0.4, -0.2) is 46.1 Å². The lowest BCUT2D eigenvalue weighted by atomic mass is 10.3. The molecule has 12 heteroatoms. The van der Waals surface area contributed by atoms with E-state index in [9.17, 15) is 18.9 Å². The number of carbonyl (C=O) groups is 1. The number of esters is 1. The Morgan fingerprint density at radius 1 is 1.27 bits per heavy atom. The van der Waals surface area contributed by atoms with Gasteiger partial charge in [-0.05, 0) is 34.1 Å². The summed E-state index contributed by atoms with van der Waals surface area (Å²) in [7, 11) is 0. The molecule has 0 aromatic carbocycles. The van der Waals surface area contributed by atoms with Crippen molar-refractivity contribution < 1.29 is 23.4 Å². The van der Waals surface area contributed by atoms with Gasteiger partial charge < -0.3 is 14.0 Å². The molecule has 0 fully saturated rings. The number of ether oxygens (including phenoxy) is 2. The fourth-order valence-corrected chi connectivity index (χ4v) is 6.10. The van der Waals surface area contributed by atoms with Gasteiger partial charge in [0.2, 0.25) is 0 Å². The number of nitrogens with zero attached hydrogens (tertiary/aromatic N) is 1. The highest BCUT2D eigenvalue weighted by atomic mass is 32.7. The minimum absolute atomic E-state index is 0.0299. The predicted octanol–water partition coefficient (Wildman–Crippen LogP) is 2.66. The highest BCUT2D eigenvalue weighted by Crippen LogP contribution is 2.56. The van der Waals surface area contributed by atoms with Crippen molar-refractivity contribution in [2.24, 2.45) is 0 Å². The molecule has 0 spiro atoms. The summed E-state index contributed by atoms with van der Waals surface area (Å²) >= 11 is 1.07. The second kappa shape index (κ2) is 12.5. The summed E-state index contributed by atoms with van der Waals surface area (Å²) in [6.45, 7) is 6.98. The third-order valence-electron chi connectivity index (χ3n) is 3.74. The number of hydrogen-bond donors (Lipinski definition) is 2. The van der Waals surface area contributed by atoms with Crippen LogP contribution in [0.15, 0.2) is 21.9 Å². The van der Waals surface area contributed by atoms with E-state index in [1.54, 1.807) is 27.7 Å². The van der Waals surface area contributed by atoms with E-state index >= 15 is 0 Å². The van der Waals surface area contributed by atoms with E-state index in [4.69, 9.17) is 14.0 Å². The third-order valence-corrected chi connectivity index (χ3v) is 7.95. The molecule has 0 unspecified atom stereocenters. The Hall–Kier alpha value is -1.39. The summed E-state index contributed by atoms with van der Waals surface area (Å²) in [4.78, 5) is 37.4. The van der Waals surface area contributed by atoms with Crippen LogP contribution in [0.25, 0.3) is 0 Å². The van der Waals surface area contributed by atoms with Gasteiger partial charge in [0.1, 0.15) is 12.3 Å². The molecule has 30 heavy (non-hydrogen) atoms. The first-order valence-corrected chi connectivity index (χ1v) is 13.1. The molecule has 1 aromatic rings. The summed E-state index contributed by atoms with van der Waals surface area (Å²) in [5.74, 6) is -0.00570. The van der Waals surface area contributed by atoms with E-state index in [2.05, 4.69) is 10.1 Å². The van der Waals surface area contributed by atoms with Crippen molar-refractivity contribution in [3.63, 3.8) is 0 Å². The fraction of sp³-hybridized carbons (Fsp3) is 0.722. The SMILES string of the molecule is CCS[P@](=O)(N[C@@H](C)C(=O)OC(C)C)OC[C@H](C)O[C@H](CC)n1ccc(=O)[nH]c1=O. The number of aromatic nitrogens is 2. The van der Waals surface area contributed by atoms with Crippen molar-refractivity contribution in [1.82, 2.24) is 14.6 Å². The number of hydrogen-bond acceptors (Lipinski definition) is 8. The lowest BCUT2D eigenvalue weighted by Crippen LogP contribution is -2.35. The van der Waals surface area contributed by atoms with Crippen LogP contribution >= 0.6 is 18.1 Å².